The van der Waals surface area contributed by atoms with Gasteiger partial charge < -0.3 is 9.88 Å². The van der Waals surface area contributed by atoms with Crippen LogP contribution in [0.15, 0.2) is 35.5 Å². The number of amides is 1. The van der Waals surface area contributed by atoms with Crippen LogP contribution in [0.2, 0.25) is 0 Å². The lowest BCUT2D eigenvalue weighted by molar-refractivity contribution is -0.146. The molecule has 4 saturated carbocycles. The summed E-state index contributed by atoms with van der Waals surface area (Å²) in [6, 6.07) is 10.5. The van der Waals surface area contributed by atoms with E-state index in [-0.39, 0.29) is 11.3 Å². The van der Waals surface area contributed by atoms with Crippen molar-refractivity contribution < 1.29 is 4.79 Å². The predicted molar refractivity (Wildman–Crippen MR) is 119 cm³/mol. The molecule has 6 heteroatoms. The summed E-state index contributed by atoms with van der Waals surface area (Å²) in [5.41, 5.74) is 1.18. The first kappa shape index (κ1) is 20.1. The predicted octanol–water partition coefficient (Wildman–Crippen LogP) is 4.98. The number of carbonyl (C=O) groups is 1. The standard InChI is InChI=1S/C24H32N4OS/c1-3-28-21(26-27-23(28)30-16(2)20-7-5-4-6-8-20)15-25-22(29)24-12-17-9-18(13-24)11-19(10-17)14-24/h4-8,16-19H,3,9-15H2,1-2H3,(H,25,29)/t16-,17?,18?,19?,24?/m0/s1. The lowest BCUT2D eigenvalue weighted by Gasteiger charge is -2.55. The highest BCUT2D eigenvalue weighted by Crippen LogP contribution is 2.60. The van der Waals surface area contributed by atoms with E-state index in [0.717, 1.165) is 54.5 Å². The number of benzene rings is 1. The maximum absolute atomic E-state index is 13.3. The smallest absolute Gasteiger partial charge is 0.226 e. The first-order valence-corrected chi connectivity index (χ1v) is 12.4. The van der Waals surface area contributed by atoms with Gasteiger partial charge in [0.15, 0.2) is 11.0 Å². The summed E-state index contributed by atoms with van der Waals surface area (Å²) < 4.78 is 2.14. The molecule has 1 aromatic carbocycles. The SMILES string of the molecule is CCn1c(CNC(=O)C23CC4CC(CC(C4)C2)C3)nnc1S[C@@H](C)c1ccccc1. The average Bonchev–Trinajstić information content (AvgIpc) is 3.13. The minimum atomic E-state index is -0.106. The van der Waals surface area contributed by atoms with Gasteiger partial charge in [0, 0.05) is 17.2 Å². The molecule has 0 spiro atoms. The zero-order valence-corrected chi connectivity index (χ0v) is 18.8. The Morgan fingerprint density at radius 2 is 1.77 bits per heavy atom. The van der Waals surface area contributed by atoms with Crippen molar-refractivity contribution in [1.82, 2.24) is 20.1 Å². The van der Waals surface area contributed by atoms with Crippen LogP contribution in [-0.2, 0) is 17.9 Å². The maximum Gasteiger partial charge on any atom is 0.226 e. The first-order valence-electron chi connectivity index (χ1n) is 11.5. The van der Waals surface area contributed by atoms with Crippen molar-refractivity contribution in [2.24, 2.45) is 23.2 Å². The third-order valence-electron chi connectivity index (χ3n) is 7.59. The Morgan fingerprint density at radius 1 is 1.13 bits per heavy atom. The van der Waals surface area contributed by atoms with Crippen LogP contribution in [0.25, 0.3) is 0 Å². The Kier molecular flexibility index (Phi) is 5.38. The second-order valence-electron chi connectivity index (χ2n) is 9.69. The van der Waals surface area contributed by atoms with Crippen molar-refractivity contribution in [2.45, 2.75) is 75.9 Å². The van der Waals surface area contributed by atoms with E-state index in [1.54, 1.807) is 11.8 Å². The van der Waals surface area contributed by atoms with Gasteiger partial charge in [-0.1, -0.05) is 42.1 Å². The van der Waals surface area contributed by atoms with Crippen molar-refractivity contribution in [3.63, 3.8) is 0 Å². The molecule has 4 fully saturated rings. The maximum atomic E-state index is 13.3. The van der Waals surface area contributed by atoms with Gasteiger partial charge in [0.2, 0.25) is 5.91 Å². The van der Waals surface area contributed by atoms with Crippen LogP contribution in [0.4, 0.5) is 0 Å². The normalized spacial score (nSPS) is 30.4. The van der Waals surface area contributed by atoms with Gasteiger partial charge in [0.25, 0.3) is 0 Å². The Bertz CT molecular complexity index is 874. The molecule has 160 valence electrons. The summed E-state index contributed by atoms with van der Waals surface area (Å²) >= 11 is 1.73. The number of rotatable bonds is 7. The summed E-state index contributed by atoms with van der Waals surface area (Å²) in [7, 11) is 0. The molecule has 2 aromatic rings. The molecular weight excluding hydrogens is 392 g/mol. The van der Waals surface area contributed by atoms with Crippen LogP contribution in [0.1, 0.15) is 69.0 Å². The van der Waals surface area contributed by atoms with Crippen molar-refractivity contribution >= 4 is 17.7 Å². The zero-order chi connectivity index (χ0) is 20.7. The van der Waals surface area contributed by atoms with Crippen LogP contribution in [0.3, 0.4) is 0 Å². The lowest BCUT2D eigenvalue weighted by atomic mass is 9.49. The molecule has 1 N–H and O–H groups in total. The molecule has 4 aliphatic rings. The number of aromatic nitrogens is 3. The molecular formula is C24H32N4OS. The molecule has 0 aliphatic heterocycles. The van der Waals surface area contributed by atoms with Gasteiger partial charge in [-0.05, 0) is 75.7 Å². The third-order valence-corrected chi connectivity index (χ3v) is 8.73. The molecule has 1 aromatic heterocycles. The van der Waals surface area contributed by atoms with E-state index in [1.165, 1.54) is 24.8 Å². The fraction of sp³-hybridized carbons (Fsp3) is 0.625. The molecule has 0 saturated heterocycles. The van der Waals surface area contributed by atoms with E-state index < -0.39 is 0 Å². The fourth-order valence-corrected chi connectivity index (χ4v) is 7.60. The Balaban J connectivity index is 1.25. The fourth-order valence-electron chi connectivity index (χ4n) is 6.54. The lowest BCUT2D eigenvalue weighted by Crippen LogP contribution is -2.53. The Morgan fingerprint density at radius 3 is 2.37 bits per heavy atom. The quantitative estimate of drug-likeness (QED) is 0.637. The van der Waals surface area contributed by atoms with E-state index in [9.17, 15) is 4.79 Å². The number of hydrogen-bond acceptors (Lipinski definition) is 4. The Labute approximate surface area is 183 Å². The highest BCUT2D eigenvalue weighted by molar-refractivity contribution is 7.99. The second-order valence-corrected chi connectivity index (χ2v) is 11.0. The van der Waals surface area contributed by atoms with Crippen molar-refractivity contribution in [3.8, 4) is 0 Å². The molecule has 1 amide bonds. The van der Waals surface area contributed by atoms with Gasteiger partial charge in [-0.2, -0.15) is 0 Å². The molecule has 4 bridgehead atoms. The van der Waals surface area contributed by atoms with E-state index in [0.29, 0.717) is 11.8 Å². The number of nitrogens with zero attached hydrogens (tertiary/aromatic N) is 3. The topological polar surface area (TPSA) is 59.8 Å². The van der Waals surface area contributed by atoms with Crippen LogP contribution in [0, 0.1) is 23.2 Å². The van der Waals surface area contributed by atoms with Gasteiger partial charge in [-0.3, -0.25) is 4.79 Å². The summed E-state index contributed by atoms with van der Waals surface area (Å²) in [5, 5.41) is 13.4. The highest BCUT2D eigenvalue weighted by atomic mass is 32.2. The molecule has 6 rings (SSSR count). The van der Waals surface area contributed by atoms with Gasteiger partial charge >= 0.3 is 0 Å². The second kappa shape index (κ2) is 8.03. The van der Waals surface area contributed by atoms with E-state index >= 15 is 0 Å². The van der Waals surface area contributed by atoms with Crippen molar-refractivity contribution in [2.75, 3.05) is 0 Å². The van der Waals surface area contributed by atoms with E-state index in [4.69, 9.17) is 0 Å². The van der Waals surface area contributed by atoms with Gasteiger partial charge in [-0.15, -0.1) is 10.2 Å². The summed E-state index contributed by atoms with van der Waals surface area (Å²) in [4.78, 5) is 13.3. The van der Waals surface area contributed by atoms with Crippen LogP contribution < -0.4 is 5.32 Å². The molecule has 1 heterocycles. The van der Waals surface area contributed by atoms with E-state index in [1.807, 2.05) is 6.07 Å². The van der Waals surface area contributed by atoms with Gasteiger partial charge in [0.1, 0.15) is 0 Å². The Hall–Kier alpha value is -1.82. The first-order chi connectivity index (χ1) is 14.6. The van der Waals surface area contributed by atoms with Gasteiger partial charge in [0.05, 0.1) is 6.54 Å². The molecule has 30 heavy (non-hydrogen) atoms. The molecule has 5 nitrogen and oxygen atoms in total. The van der Waals surface area contributed by atoms with Crippen LogP contribution in [0.5, 0.6) is 0 Å². The van der Waals surface area contributed by atoms with Crippen molar-refractivity contribution in [3.05, 3.63) is 41.7 Å². The largest absolute Gasteiger partial charge is 0.348 e. The summed E-state index contributed by atoms with van der Waals surface area (Å²) in [5.74, 6) is 3.47. The van der Waals surface area contributed by atoms with Crippen LogP contribution >= 0.6 is 11.8 Å². The molecule has 4 aliphatic carbocycles. The molecule has 0 unspecified atom stereocenters. The molecule has 0 radical (unpaired) electrons. The zero-order valence-electron chi connectivity index (χ0n) is 18.0. The van der Waals surface area contributed by atoms with Gasteiger partial charge in [-0.25, -0.2) is 0 Å². The van der Waals surface area contributed by atoms with Crippen LogP contribution in [-0.4, -0.2) is 20.7 Å². The minimum Gasteiger partial charge on any atom is -0.348 e. The number of carbonyl (C=O) groups excluding carboxylic acids is 1. The third kappa shape index (κ3) is 3.68. The monoisotopic (exact) mass is 424 g/mol. The number of hydrogen-bond donors (Lipinski definition) is 1. The van der Waals surface area contributed by atoms with E-state index in [2.05, 4.69) is 58.2 Å². The summed E-state index contributed by atoms with van der Waals surface area (Å²) in [6.45, 7) is 5.59. The molecule has 1 atom stereocenters. The number of thioether (sulfide) groups is 1. The average molecular weight is 425 g/mol. The number of nitrogens with one attached hydrogen (secondary N) is 1. The minimum absolute atomic E-state index is 0.106. The highest BCUT2D eigenvalue weighted by Gasteiger charge is 2.54. The van der Waals surface area contributed by atoms with Crippen molar-refractivity contribution in [1.29, 1.82) is 0 Å². The summed E-state index contributed by atoms with van der Waals surface area (Å²) in [6.07, 6.45) is 7.37.